The van der Waals surface area contributed by atoms with Crippen molar-refractivity contribution in [2.75, 3.05) is 39.3 Å². The quantitative estimate of drug-likeness (QED) is 0.772. The third-order valence-corrected chi connectivity index (χ3v) is 5.90. The van der Waals surface area contributed by atoms with Crippen molar-refractivity contribution >= 4 is 0 Å². The van der Waals surface area contributed by atoms with Gasteiger partial charge in [-0.1, -0.05) is 12.8 Å². The van der Waals surface area contributed by atoms with Crippen LogP contribution in [0.2, 0.25) is 0 Å². The van der Waals surface area contributed by atoms with Crippen molar-refractivity contribution in [1.82, 2.24) is 9.80 Å². The Labute approximate surface area is 125 Å². The Morgan fingerprint density at radius 2 is 0.850 bits per heavy atom. The summed E-state index contributed by atoms with van der Waals surface area (Å²) in [5.41, 5.74) is 0. The molecule has 3 rings (SSSR count). The lowest BCUT2D eigenvalue weighted by atomic mass is 9.81. The van der Waals surface area contributed by atoms with Crippen LogP contribution in [0.5, 0.6) is 0 Å². The molecule has 0 unspecified atom stereocenters. The van der Waals surface area contributed by atoms with Crippen molar-refractivity contribution in [3.05, 3.63) is 0 Å². The number of nitrogens with zero attached hydrogens (tertiary/aromatic N) is 2. The number of rotatable bonds is 4. The van der Waals surface area contributed by atoms with Gasteiger partial charge < -0.3 is 9.80 Å². The molecular formula is C18H34N2. The number of piperidine rings is 2. The minimum atomic E-state index is 1.02. The summed E-state index contributed by atoms with van der Waals surface area (Å²) in [5, 5.41) is 0. The summed E-state index contributed by atoms with van der Waals surface area (Å²) in [4.78, 5) is 5.50. The van der Waals surface area contributed by atoms with Gasteiger partial charge in [0.05, 0.1) is 0 Å². The first-order chi connectivity index (χ1) is 9.90. The lowest BCUT2D eigenvalue weighted by Crippen LogP contribution is -2.38. The maximum Gasteiger partial charge on any atom is 0.000966 e. The van der Waals surface area contributed by atoms with Gasteiger partial charge in [-0.05, 0) is 89.4 Å². The highest BCUT2D eigenvalue weighted by molar-refractivity contribution is 4.79. The summed E-state index contributed by atoms with van der Waals surface area (Å²) in [7, 11) is 0. The van der Waals surface area contributed by atoms with Crippen molar-refractivity contribution in [2.45, 2.75) is 64.2 Å². The van der Waals surface area contributed by atoms with Crippen LogP contribution in [0.15, 0.2) is 0 Å². The van der Waals surface area contributed by atoms with E-state index in [0.29, 0.717) is 0 Å². The molecule has 0 spiro atoms. The molecule has 1 aliphatic carbocycles. The molecule has 0 aromatic rings. The lowest BCUT2D eigenvalue weighted by Gasteiger charge is -2.36. The molecule has 3 fully saturated rings. The van der Waals surface area contributed by atoms with Crippen molar-refractivity contribution in [1.29, 1.82) is 0 Å². The van der Waals surface area contributed by atoms with E-state index < -0.39 is 0 Å². The average Bonchev–Trinajstić information content (AvgIpc) is 2.51. The van der Waals surface area contributed by atoms with E-state index >= 15 is 0 Å². The Morgan fingerprint density at radius 3 is 1.20 bits per heavy atom. The first-order valence-electron chi connectivity index (χ1n) is 9.35. The molecule has 0 aromatic carbocycles. The maximum atomic E-state index is 2.75. The fourth-order valence-corrected chi connectivity index (χ4v) is 4.61. The van der Waals surface area contributed by atoms with Crippen LogP contribution in [0.3, 0.4) is 0 Å². The zero-order chi connectivity index (χ0) is 13.6. The Morgan fingerprint density at radius 1 is 0.500 bits per heavy atom. The topological polar surface area (TPSA) is 6.48 Å². The second kappa shape index (κ2) is 7.79. The van der Waals surface area contributed by atoms with E-state index in [0.717, 1.165) is 11.8 Å². The molecule has 3 aliphatic rings. The second-order valence-corrected chi connectivity index (χ2v) is 7.61. The molecule has 2 saturated heterocycles. The van der Waals surface area contributed by atoms with Crippen LogP contribution in [0.1, 0.15) is 64.2 Å². The van der Waals surface area contributed by atoms with Crippen LogP contribution < -0.4 is 0 Å². The molecule has 20 heavy (non-hydrogen) atoms. The van der Waals surface area contributed by atoms with E-state index in [4.69, 9.17) is 0 Å². The van der Waals surface area contributed by atoms with E-state index in [1.807, 2.05) is 0 Å². The summed E-state index contributed by atoms with van der Waals surface area (Å²) in [6.45, 7) is 8.36. The second-order valence-electron chi connectivity index (χ2n) is 7.61. The van der Waals surface area contributed by atoms with Gasteiger partial charge in [-0.25, -0.2) is 0 Å². The standard InChI is InChI=1S/C18H34N2/c1-3-11-19(12-4-1)15-17-7-9-18(10-8-17)16-20-13-5-2-6-14-20/h17-18H,1-16H2. The molecule has 2 heteroatoms. The Bertz CT molecular complexity index is 231. The largest absolute Gasteiger partial charge is 0.303 e. The van der Waals surface area contributed by atoms with Crippen LogP contribution in [0.4, 0.5) is 0 Å². The van der Waals surface area contributed by atoms with E-state index in [2.05, 4.69) is 9.80 Å². The highest BCUT2D eigenvalue weighted by Crippen LogP contribution is 2.31. The van der Waals surface area contributed by atoms with Gasteiger partial charge >= 0.3 is 0 Å². The maximum absolute atomic E-state index is 2.75. The van der Waals surface area contributed by atoms with Gasteiger partial charge in [0.2, 0.25) is 0 Å². The molecular weight excluding hydrogens is 244 g/mol. The van der Waals surface area contributed by atoms with Gasteiger partial charge in [-0.3, -0.25) is 0 Å². The van der Waals surface area contributed by atoms with Crippen LogP contribution in [-0.4, -0.2) is 49.1 Å². The summed E-state index contributed by atoms with van der Waals surface area (Å²) >= 11 is 0. The van der Waals surface area contributed by atoms with Crippen LogP contribution in [0.25, 0.3) is 0 Å². The molecule has 0 N–H and O–H groups in total. The van der Waals surface area contributed by atoms with Crippen LogP contribution >= 0.6 is 0 Å². The van der Waals surface area contributed by atoms with E-state index in [9.17, 15) is 0 Å². The van der Waals surface area contributed by atoms with Gasteiger partial charge in [0.25, 0.3) is 0 Å². The number of likely N-dealkylation sites (tertiary alicyclic amines) is 2. The predicted octanol–water partition coefficient (Wildman–Crippen LogP) is 3.76. The van der Waals surface area contributed by atoms with Gasteiger partial charge in [0, 0.05) is 13.1 Å². The number of hydrogen-bond acceptors (Lipinski definition) is 2. The first-order valence-corrected chi connectivity index (χ1v) is 9.35. The normalized spacial score (nSPS) is 34.2. The van der Waals surface area contributed by atoms with Gasteiger partial charge in [0.1, 0.15) is 0 Å². The smallest absolute Gasteiger partial charge is 0.000966 e. The molecule has 2 nitrogen and oxygen atoms in total. The summed E-state index contributed by atoms with van der Waals surface area (Å²) < 4.78 is 0. The zero-order valence-electron chi connectivity index (χ0n) is 13.4. The molecule has 0 bridgehead atoms. The van der Waals surface area contributed by atoms with Crippen LogP contribution in [-0.2, 0) is 0 Å². The average molecular weight is 278 g/mol. The number of hydrogen-bond donors (Lipinski definition) is 0. The third-order valence-electron chi connectivity index (χ3n) is 5.90. The molecule has 2 aliphatic heterocycles. The van der Waals surface area contributed by atoms with Gasteiger partial charge in [0.15, 0.2) is 0 Å². The predicted molar refractivity (Wildman–Crippen MR) is 86.0 cm³/mol. The minimum Gasteiger partial charge on any atom is -0.303 e. The monoisotopic (exact) mass is 278 g/mol. The highest BCUT2D eigenvalue weighted by atomic mass is 15.1. The van der Waals surface area contributed by atoms with E-state index in [-0.39, 0.29) is 0 Å². The van der Waals surface area contributed by atoms with Crippen molar-refractivity contribution < 1.29 is 0 Å². The summed E-state index contributed by atoms with van der Waals surface area (Å²) in [6, 6.07) is 0. The Kier molecular flexibility index (Phi) is 5.78. The molecule has 2 heterocycles. The zero-order valence-corrected chi connectivity index (χ0v) is 13.4. The highest BCUT2D eigenvalue weighted by Gasteiger charge is 2.25. The van der Waals surface area contributed by atoms with Gasteiger partial charge in [-0.2, -0.15) is 0 Å². The molecule has 0 amide bonds. The Hall–Kier alpha value is -0.0800. The van der Waals surface area contributed by atoms with Gasteiger partial charge in [-0.15, -0.1) is 0 Å². The van der Waals surface area contributed by atoms with E-state index in [1.54, 1.807) is 0 Å². The summed E-state index contributed by atoms with van der Waals surface area (Å²) in [5.74, 6) is 2.04. The minimum absolute atomic E-state index is 1.02. The molecule has 0 aromatic heterocycles. The van der Waals surface area contributed by atoms with Crippen molar-refractivity contribution in [3.8, 4) is 0 Å². The first kappa shape index (κ1) is 14.8. The molecule has 0 radical (unpaired) electrons. The third kappa shape index (κ3) is 4.46. The molecule has 1 saturated carbocycles. The molecule has 0 atom stereocenters. The van der Waals surface area contributed by atoms with Crippen LogP contribution in [0, 0.1) is 11.8 Å². The van der Waals surface area contributed by atoms with Crippen molar-refractivity contribution in [2.24, 2.45) is 11.8 Å². The van der Waals surface area contributed by atoms with Crippen molar-refractivity contribution in [3.63, 3.8) is 0 Å². The SMILES string of the molecule is C1CCN(CC2CCC(CN3CCCCC3)CC2)CC1. The summed E-state index contributed by atoms with van der Waals surface area (Å²) in [6.07, 6.45) is 14.8. The Balaban J connectivity index is 1.33. The lowest BCUT2D eigenvalue weighted by molar-refractivity contribution is 0.131. The fraction of sp³-hybridized carbons (Fsp3) is 1.00. The fourth-order valence-electron chi connectivity index (χ4n) is 4.61. The van der Waals surface area contributed by atoms with E-state index in [1.165, 1.54) is 103 Å². The molecule has 116 valence electrons.